The Labute approximate surface area is 153 Å². The number of hydrogen-bond donors (Lipinski definition) is 0. The summed E-state index contributed by atoms with van der Waals surface area (Å²) in [5, 5.41) is 0.995. The van der Waals surface area contributed by atoms with Gasteiger partial charge in [-0.15, -0.1) is 0 Å². The quantitative estimate of drug-likeness (QED) is 0.751. The van der Waals surface area contributed by atoms with Gasteiger partial charge in [0.1, 0.15) is 0 Å². The number of rotatable bonds is 2. The minimum atomic E-state index is -0.119. The number of carbonyl (C=O) groups is 1. The summed E-state index contributed by atoms with van der Waals surface area (Å²) >= 11 is 7.38. The van der Waals surface area contributed by atoms with Crippen LogP contribution in [0.15, 0.2) is 46.6 Å². The Bertz CT molecular complexity index is 929. The molecule has 1 saturated heterocycles. The lowest BCUT2D eigenvalue weighted by molar-refractivity contribution is -0.121. The maximum atomic E-state index is 12.5. The number of benzene rings is 1. The highest BCUT2D eigenvalue weighted by atomic mass is 35.5. The first-order valence-electron chi connectivity index (χ1n) is 7.37. The van der Waals surface area contributed by atoms with Crippen molar-refractivity contribution in [3.63, 3.8) is 0 Å². The molecule has 8 heteroatoms. The highest BCUT2D eigenvalue weighted by molar-refractivity contribution is 8.18. The highest BCUT2D eigenvalue weighted by Gasteiger charge is 2.30. The van der Waals surface area contributed by atoms with Crippen molar-refractivity contribution in [2.75, 3.05) is 13.8 Å². The Morgan fingerprint density at radius 3 is 3.00 bits per heavy atom. The fraction of sp³-hybridized carbons (Fsp3) is 0.118. The molecule has 0 spiro atoms. The van der Waals surface area contributed by atoms with Crippen LogP contribution in [-0.4, -0.2) is 34.8 Å². The minimum Gasteiger partial charge on any atom is -0.454 e. The summed E-state index contributed by atoms with van der Waals surface area (Å²) in [6.45, 7) is 0.218. The van der Waals surface area contributed by atoms with Gasteiger partial charge in [-0.3, -0.25) is 14.7 Å². The third-order valence-corrected chi connectivity index (χ3v) is 5.02. The molecular formula is C17H12ClN3O3S. The predicted molar refractivity (Wildman–Crippen MR) is 97.2 cm³/mol. The summed E-state index contributed by atoms with van der Waals surface area (Å²) in [5.41, 5.74) is 1.43. The first-order valence-corrected chi connectivity index (χ1v) is 8.57. The number of thioether (sulfide) groups is 1. The molecule has 25 heavy (non-hydrogen) atoms. The van der Waals surface area contributed by atoms with Gasteiger partial charge in [0, 0.05) is 19.4 Å². The van der Waals surface area contributed by atoms with E-state index in [1.807, 2.05) is 24.3 Å². The molecule has 6 nitrogen and oxygen atoms in total. The van der Waals surface area contributed by atoms with Crippen LogP contribution in [-0.2, 0) is 4.79 Å². The number of amides is 1. The van der Waals surface area contributed by atoms with Gasteiger partial charge in [0.2, 0.25) is 6.79 Å². The van der Waals surface area contributed by atoms with Crippen molar-refractivity contribution in [1.82, 2.24) is 9.88 Å². The summed E-state index contributed by atoms with van der Waals surface area (Å²) < 4.78 is 10.7. The molecule has 0 atom stereocenters. The van der Waals surface area contributed by atoms with Crippen molar-refractivity contribution in [3.05, 3.63) is 52.2 Å². The van der Waals surface area contributed by atoms with E-state index in [1.54, 1.807) is 19.3 Å². The van der Waals surface area contributed by atoms with Crippen molar-refractivity contribution >= 4 is 46.2 Å². The number of pyridine rings is 1. The number of aromatic nitrogens is 1. The predicted octanol–water partition coefficient (Wildman–Crippen LogP) is 3.70. The molecular weight excluding hydrogens is 362 g/mol. The van der Waals surface area contributed by atoms with E-state index >= 15 is 0 Å². The van der Waals surface area contributed by atoms with Crippen LogP contribution in [0.5, 0.6) is 11.5 Å². The van der Waals surface area contributed by atoms with Gasteiger partial charge in [-0.25, -0.2) is 4.99 Å². The van der Waals surface area contributed by atoms with Crippen LogP contribution in [0.3, 0.4) is 0 Å². The third-order valence-electron chi connectivity index (χ3n) is 3.67. The van der Waals surface area contributed by atoms with E-state index in [2.05, 4.69) is 9.98 Å². The summed E-state index contributed by atoms with van der Waals surface area (Å²) in [6.07, 6.45) is 4.93. The van der Waals surface area contributed by atoms with Crippen LogP contribution < -0.4 is 9.47 Å². The number of ether oxygens (including phenoxy) is 2. The second-order valence-corrected chi connectivity index (χ2v) is 6.73. The van der Waals surface area contributed by atoms with Crippen molar-refractivity contribution in [3.8, 4) is 11.5 Å². The largest absolute Gasteiger partial charge is 0.454 e. The lowest BCUT2D eigenvalue weighted by Gasteiger charge is -2.07. The van der Waals surface area contributed by atoms with Gasteiger partial charge < -0.3 is 9.47 Å². The van der Waals surface area contributed by atoms with Crippen LogP contribution >= 0.6 is 23.4 Å². The summed E-state index contributed by atoms with van der Waals surface area (Å²) in [4.78, 5) is 23.0. The van der Waals surface area contributed by atoms with Gasteiger partial charge >= 0.3 is 0 Å². The molecule has 1 aromatic carbocycles. The second kappa shape index (κ2) is 6.42. The number of amidine groups is 1. The van der Waals surface area contributed by atoms with E-state index in [0.717, 1.165) is 5.56 Å². The highest BCUT2D eigenvalue weighted by Crippen LogP contribution is 2.37. The normalized spacial score (nSPS) is 19.3. The topological polar surface area (TPSA) is 64.0 Å². The zero-order valence-electron chi connectivity index (χ0n) is 13.1. The van der Waals surface area contributed by atoms with E-state index in [1.165, 1.54) is 22.9 Å². The molecule has 1 fully saturated rings. The first-order chi connectivity index (χ1) is 12.1. The first kappa shape index (κ1) is 16.0. The fourth-order valence-corrected chi connectivity index (χ4v) is 3.51. The molecule has 0 bridgehead atoms. The van der Waals surface area contributed by atoms with Crippen molar-refractivity contribution < 1.29 is 14.3 Å². The number of fused-ring (bicyclic) bond motifs is 1. The second-order valence-electron chi connectivity index (χ2n) is 5.31. The number of aliphatic imine (C=N–C) groups is 1. The Morgan fingerprint density at radius 2 is 2.16 bits per heavy atom. The molecule has 1 amide bonds. The van der Waals surface area contributed by atoms with Gasteiger partial charge in [0.25, 0.3) is 5.91 Å². The summed E-state index contributed by atoms with van der Waals surface area (Å²) in [7, 11) is 1.68. The molecule has 0 radical (unpaired) electrons. The van der Waals surface area contributed by atoms with Gasteiger partial charge in [-0.05, 0) is 41.6 Å². The molecule has 3 heterocycles. The lowest BCUT2D eigenvalue weighted by atomic mass is 10.2. The minimum absolute atomic E-state index is 0.119. The molecule has 126 valence electrons. The van der Waals surface area contributed by atoms with E-state index in [9.17, 15) is 4.79 Å². The average molecular weight is 374 g/mol. The smallest absolute Gasteiger partial charge is 0.266 e. The number of carbonyl (C=O) groups excluding carboxylic acids is 1. The maximum Gasteiger partial charge on any atom is 0.266 e. The molecule has 2 aliphatic rings. The Morgan fingerprint density at radius 1 is 1.32 bits per heavy atom. The monoisotopic (exact) mass is 373 g/mol. The van der Waals surface area contributed by atoms with Crippen LogP contribution in [0.25, 0.3) is 6.08 Å². The fourth-order valence-electron chi connectivity index (χ4n) is 2.37. The van der Waals surface area contributed by atoms with Gasteiger partial charge in [-0.2, -0.15) is 0 Å². The zero-order chi connectivity index (χ0) is 17.4. The molecule has 4 rings (SSSR count). The Kier molecular flexibility index (Phi) is 4.10. The number of halogens is 1. The van der Waals surface area contributed by atoms with E-state index < -0.39 is 0 Å². The standard InChI is InChI=1S/C17H12ClN3O3S/c1-21-16(22)15(7-10-2-3-13-14(6-10)24-9-23-13)25-17(21)20-12-4-5-19-8-11(12)18/h2-8H,9H2,1H3/b15-7-,20-17?. The molecule has 0 saturated carbocycles. The molecule has 0 N–H and O–H groups in total. The molecule has 1 aromatic heterocycles. The number of hydrogen-bond acceptors (Lipinski definition) is 6. The Balaban J connectivity index is 1.64. The molecule has 2 aromatic rings. The van der Waals surface area contributed by atoms with Gasteiger partial charge in [0.05, 0.1) is 15.6 Å². The lowest BCUT2D eigenvalue weighted by Crippen LogP contribution is -2.23. The van der Waals surface area contributed by atoms with E-state index in [4.69, 9.17) is 21.1 Å². The molecule has 0 unspecified atom stereocenters. The van der Waals surface area contributed by atoms with Gasteiger partial charge in [-0.1, -0.05) is 17.7 Å². The average Bonchev–Trinajstić information content (AvgIpc) is 3.17. The molecule has 0 aliphatic carbocycles. The van der Waals surface area contributed by atoms with Crippen LogP contribution in [0.4, 0.5) is 5.69 Å². The third kappa shape index (κ3) is 3.08. The van der Waals surface area contributed by atoms with Crippen LogP contribution in [0, 0.1) is 0 Å². The molecule has 2 aliphatic heterocycles. The van der Waals surface area contributed by atoms with E-state index in [0.29, 0.717) is 32.3 Å². The summed E-state index contributed by atoms with van der Waals surface area (Å²) in [5.74, 6) is 1.27. The number of likely N-dealkylation sites (N-methyl/N-ethyl adjacent to an activating group) is 1. The van der Waals surface area contributed by atoms with Gasteiger partial charge in [0.15, 0.2) is 16.7 Å². The number of nitrogens with zero attached hydrogens (tertiary/aromatic N) is 3. The maximum absolute atomic E-state index is 12.5. The van der Waals surface area contributed by atoms with E-state index in [-0.39, 0.29) is 12.7 Å². The summed E-state index contributed by atoms with van der Waals surface area (Å²) in [6, 6.07) is 7.25. The zero-order valence-corrected chi connectivity index (χ0v) is 14.7. The van der Waals surface area contributed by atoms with Crippen molar-refractivity contribution in [2.24, 2.45) is 4.99 Å². The van der Waals surface area contributed by atoms with Crippen molar-refractivity contribution in [1.29, 1.82) is 0 Å². The van der Waals surface area contributed by atoms with Crippen LogP contribution in [0.1, 0.15) is 5.56 Å². The Hall–Kier alpha value is -2.51. The SMILES string of the molecule is CN1C(=O)/C(=C/c2ccc3c(c2)OCO3)SC1=Nc1ccncc1Cl. The van der Waals surface area contributed by atoms with Crippen molar-refractivity contribution in [2.45, 2.75) is 0 Å². The van der Waals surface area contributed by atoms with Crippen LogP contribution in [0.2, 0.25) is 5.02 Å².